The fourth-order valence-corrected chi connectivity index (χ4v) is 3.80. The molecule has 0 fully saturated rings. The van der Waals surface area contributed by atoms with Gasteiger partial charge in [-0.1, -0.05) is 42.5 Å². The lowest BCUT2D eigenvalue weighted by Crippen LogP contribution is -2.26. The van der Waals surface area contributed by atoms with E-state index in [4.69, 9.17) is 4.74 Å². The van der Waals surface area contributed by atoms with Gasteiger partial charge in [-0.05, 0) is 46.9 Å². The molecule has 4 rings (SSSR count). The highest BCUT2D eigenvalue weighted by Gasteiger charge is 2.21. The molecule has 0 heterocycles. The molecule has 0 aromatic heterocycles. The van der Waals surface area contributed by atoms with E-state index in [1.165, 1.54) is 16.5 Å². The number of carbonyl (C=O) groups excluding carboxylic acids is 1. The van der Waals surface area contributed by atoms with Crippen molar-refractivity contribution in [3.05, 3.63) is 76.9 Å². The first-order valence-corrected chi connectivity index (χ1v) is 8.60. The van der Waals surface area contributed by atoms with Crippen LogP contribution in [-0.4, -0.2) is 25.0 Å². The molecule has 126 valence electrons. The molecule has 0 saturated heterocycles. The van der Waals surface area contributed by atoms with Gasteiger partial charge in [-0.3, -0.25) is 4.79 Å². The van der Waals surface area contributed by atoms with Gasteiger partial charge in [0.05, 0.1) is 7.11 Å². The number of nitrogens with zero attached hydrogens (tertiary/aromatic N) is 1. The maximum absolute atomic E-state index is 13.1. The second-order valence-corrected chi connectivity index (χ2v) is 6.59. The van der Waals surface area contributed by atoms with Crippen molar-refractivity contribution in [2.24, 2.45) is 0 Å². The molecule has 0 N–H and O–H groups in total. The number of para-hydroxylation sites is 1. The molecule has 3 aromatic rings. The van der Waals surface area contributed by atoms with Crippen LogP contribution in [0.3, 0.4) is 0 Å². The molecule has 1 amide bonds. The molecular formula is C22H21NO2. The number of hydrogen-bond donors (Lipinski definition) is 0. The quantitative estimate of drug-likeness (QED) is 0.716. The summed E-state index contributed by atoms with van der Waals surface area (Å²) in [5.41, 5.74) is 4.50. The van der Waals surface area contributed by atoms with Crippen LogP contribution in [0.25, 0.3) is 10.8 Å². The van der Waals surface area contributed by atoms with Crippen LogP contribution in [-0.2, 0) is 19.4 Å². The first kappa shape index (κ1) is 15.7. The molecular weight excluding hydrogens is 310 g/mol. The highest BCUT2D eigenvalue weighted by atomic mass is 16.5. The smallest absolute Gasteiger partial charge is 0.254 e. The number of aryl methyl sites for hydroxylation is 2. The molecule has 3 heteroatoms. The molecule has 0 unspecified atom stereocenters. The largest absolute Gasteiger partial charge is 0.496 e. The molecule has 1 aliphatic rings. The van der Waals surface area contributed by atoms with Crippen molar-refractivity contribution in [2.45, 2.75) is 19.4 Å². The molecule has 0 bridgehead atoms. The van der Waals surface area contributed by atoms with Crippen molar-refractivity contribution in [1.82, 2.24) is 4.90 Å². The van der Waals surface area contributed by atoms with Crippen molar-refractivity contribution in [2.75, 3.05) is 14.2 Å². The van der Waals surface area contributed by atoms with Crippen molar-refractivity contribution in [3.8, 4) is 5.75 Å². The topological polar surface area (TPSA) is 29.5 Å². The normalized spacial score (nSPS) is 12.4. The average molecular weight is 331 g/mol. The Bertz CT molecular complexity index is 951. The Morgan fingerprint density at radius 3 is 2.56 bits per heavy atom. The highest BCUT2D eigenvalue weighted by Crippen LogP contribution is 2.33. The lowest BCUT2D eigenvalue weighted by molar-refractivity contribution is 0.0786. The summed E-state index contributed by atoms with van der Waals surface area (Å²) in [4.78, 5) is 14.9. The van der Waals surface area contributed by atoms with Crippen molar-refractivity contribution in [1.29, 1.82) is 0 Å². The van der Waals surface area contributed by atoms with Crippen LogP contribution in [0.4, 0.5) is 0 Å². The molecule has 0 aliphatic heterocycles. The third-order valence-electron chi connectivity index (χ3n) is 5.05. The summed E-state index contributed by atoms with van der Waals surface area (Å²) in [5, 5.41) is 2.35. The maximum atomic E-state index is 13.1. The molecule has 3 aromatic carbocycles. The van der Waals surface area contributed by atoms with E-state index in [1.807, 2.05) is 37.4 Å². The number of rotatable bonds is 4. The summed E-state index contributed by atoms with van der Waals surface area (Å²) in [7, 11) is 3.50. The van der Waals surface area contributed by atoms with Crippen molar-refractivity contribution < 1.29 is 9.53 Å². The molecule has 0 saturated carbocycles. The van der Waals surface area contributed by atoms with Gasteiger partial charge in [0.1, 0.15) is 5.75 Å². The molecule has 25 heavy (non-hydrogen) atoms. The Hall–Kier alpha value is -2.81. The molecule has 0 atom stereocenters. The lowest BCUT2D eigenvalue weighted by Gasteiger charge is -2.20. The maximum Gasteiger partial charge on any atom is 0.254 e. The molecule has 0 spiro atoms. The van der Waals surface area contributed by atoms with Gasteiger partial charge in [0.15, 0.2) is 0 Å². The van der Waals surface area contributed by atoms with Crippen molar-refractivity contribution in [3.63, 3.8) is 0 Å². The first-order chi connectivity index (χ1) is 12.2. The Morgan fingerprint density at radius 2 is 1.76 bits per heavy atom. The minimum absolute atomic E-state index is 0.0431. The first-order valence-electron chi connectivity index (χ1n) is 8.60. The van der Waals surface area contributed by atoms with E-state index in [0.717, 1.165) is 35.1 Å². The van der Waals surface area contributed by atoms with E-state index in [1.54, 1.807) is 12.0 Å². The predicted octanol–water partition coefficient (Wildman–Crippen LogP) is 4.22. The molecule has 0 radical (unpaired) electrons. The SMILES string of the molecule is COc1ccccc1CN(C)C(=O)c1ccc2c3c(cccc13)CC2. The van der Waals surface area contributed by atoms with Gasteiger partial charge in [-0.2, -0.15) is 0 Å². The zero-order valence-corrected chi connectivity index (χ0v) is 14.6. The van der Waals surface area contributed by atoms with E-state index in [9.17, 15) is 4.79 Å². The Kier molecular flexibility index (Phi) is 3.92. The summed E-state index contributed by atoms with van der Waals surface area (Å²) in [6.07, 6.45) is 2.14. The van der Waals surface area contributed by atoms with E-state index in [-0.39, 0.29) is 5.91 Å². The summed E-state index contributed by atoms with van der Waals surface area (Å²) >= 11 is 0. The summed E-state index contributed by atoms with van der Waals surface area (Å²) in [6.45, 7) is 0.520. The van der Waals surface area contributed by atoms with Gasteiger partial charge in [0.25, 0.3) is 5.91 Å². The van der Waals surface area contributed by atoms with Crippen LogP contribution in [0.2, 0.25) is 0 Å². The number of methoxy groups -OCH3 is 1. The van der Waals surface area contributed by atoms with E-state index < -0.39 is 0 Å². The van der Waals surface area contributed by atoms with Crippen LogP contribution in [0.5, 0.6) is 5.75 Å². The Balaban J connectivity index is 1.69. The number of carbonyl (C=O) groups is 1. The third kappa shape index (κ3) is 2.66. The summed E-state index contributed by atoms with van der Waals surface area (Å²) < 4.78 is 5.40. The highest BCUT2D eigenvalue weighted by molar-refractivity contribution is 6.09. The van der Waals surface area contributed by atoms with Gasteiger partial charge in [-0.25, -0.2) is 0 Å². The minimum Gasteiger partial charge on any atom is -0.496 e. The summed E-state index contributed by atoms with van der Waals surface area (Å²) in [6, 6.07) is 18.2. The number of benzene rings is 3. The lowest BCUT2D eigenvalue weighted by atomic mass is 9.99. The molecule has 3 nitrogen and oxygen atoms in total. The molecule has 1 aliphatic carbocycles. The predicted molar refractivity (Wildman–Crippen MR) is 100 cm³/mol. The van der Waals surface area contributed by atoms with Crippen molar-refractivity contribution >= 4 is 16.7 Å². The van der Waals surface area contributed by atoms with Gasteiger partial charge in [0, 0.05) is 24.7 Å². The standard InChI is InChI=1S/C22H21NO2/c1-23(14-17-6-3-4-9-20(17)25-2)22(24)19-13-12-16-11-10-15-7-5-8-18(19)21(15)16/h3-9,12-13H,10-11,14H2,1-2H3. The van der Waals surface area contributed by atoms with Crippen LogP contribution in [0.15, 0.2) is 54.6 Å². The minimum atomic E-state index is 0.0431. The Morgan fingerprint density at radius 1 is 1.00 bits per heavy atom. The average Bonchev–Trinajstić information content (AvgIpc) is 3.07. The van der Waals surface area contributed by atoms with E-state index in [0.29, 0.717) is 6.54 Å². The van der Waals surface area contributed by atoms with Crippen LogP contribution >= 0.6 is 0 Å². The second kappa shape index (κ2) is 6.25. The number of ether oxygens (including phenoxy) is 1. The van der Waals surface area contributed by atoms with E-state index >= 15 is 0 Å². The van der Waals surface area contributed by atoms with Crippen LogP contribution < -0.4 is 4.74 Å². The summed E-state index contributed by atoms with van der Waals surface area (Å²) in [5.74, 6) is 0.851. The monoisotopic (exact) mass is 331 g/mol. The van der Waals surface area contributed by atoms with Gasteiger partial charge in [-0.15, -0.1) is 0 Å². The fraction of sp³-hybridized carbons (Fsp3) is 0.227. The second-order valence-electron chi connectivity index (χ2n) is 6.59. The van der Waals surface area contributed by atoms with E-state index in [2.05, 4.69) is 24.3 Å². The Labute approximate surface area is 147 Å². The zero-order valence-electron chi connectivity index (χ0n) is 14.6. The number of hydrogen-bond acceptors (Lipinski definition) is 2. The fourth-order valence-electron chi connectivity index (χ4n) is 3.80. The van der Waals surface area contributed by atoms with Gasteiger partial charge >= 0.3 is 0 Å². The van der Waals surface area contributed by atoms with Gasteiger partial charge in [0.2, 0.25) is 0 Å². The number of amides is 1. The van der Waals surface area contributed by atoms with Crippen LogP contribution in [0, 0.1) is 0 Å². The van der Waals surface area contributed by atoms with Gasteiger partial charge < -0.3 is 9.64 Å². The van der Waals surface area contributed by atoms with Crippen LogP contribution in [0.1, 0.15) is 27.0 Å². The zero-order chi connectivity index (χ0) is 17.4. The third-order valence-corrected chi connectivity index (χ3v) is 5.05.